The van der Waals surface area contributed by atoms with E-state index in [0.717, 1.165) is 27.8 Å². The molecule has 12 heteroatoms. The number of ether oxygens (including phenoxy) is 3. The highest BCUT2D eigenvalue weighted by Gasteiger charge is 2.32. The summed E-state index contributed by atoms with van der Waals surface area (Å²) < 4.78 is 16.5. The van der Waals surface area contributed by atoms with E-state index in [1.165, 1.54) is 7.11 Å². The largest absolute Gasteiger partial charge is 0.493 e. The number of methoxy groups -OCH3 is 2. The van der Waals surface area contributed by atoms with Gasteiger partial charge in [0.25, 0.3) is 0 Å². The molecule has 0 fully saturated rings. The van der Waals surface area contributed by atoms with Crippen molar-refractivity contribution in [2.75, 3.05) is 14.2 Å². The number of amides is 3. The zero-order valence-corrected chi connectivity index (χ0v) is 29.5. The van der Waals surface area contributed by atoms with Crippen LogP contribution in [0, 0.1) is 13.8 Å². The van der Waals surface area contributed by atoms with Gasteiger partial charge in [0.2, 0.25) is 11.8 Å². The SMILES string of the molecule is [B]c1cccc(/C(=C/NC(C)N(Cc2ccc(OC)c(OC)c2)C(=O)[C@H](Cc2c(C)cc(C(N)=O)cc2C)NC(=O)OC(C)(C)C)N=C)c1. The Kier molecular flexibility index (Phi) is 13.0. The van der Waals surface area contributed by atoms with Gasteiger partial charge in [-0.05, 0) is 94.8 Å². The van der Waals surface area contributed by atoms with Gasteiger partial charge in [0.15, 0.2) is 11.5 Å². The molecule has 3 rings (SSSR count). The summed E-state index contributed by atoms with van der Waals surface area (Å²) in [5.41, 5.74) is 9.95. The van der Waals surface area contributed by atoms with Crippen molar-refractivity contribution in [2.24, 2.45) is 10.7 Å². The van der Waals surface area contributed by atoms with Crippen LogP contribution in [0.2, 0.25) is 0 Å². The maximum Gasteiger partial charge on any atom is 0.408 e. The molecule has 2 radical (unpaired) electrons. The molecule has 0 spiro atoms. The molecule has 0 aliphatic heterocycles. The quantitative estimate of drug-likeness (QED) is 0.132. The molecule has 49 heavy (non-hydrogen) atoms. The summed E-state index contributed by atoms with van der Waals surface area (Å²) in [5, 5.41) is 6.08. The van der Waals surface area contributed by atoms with Crippen molar-refractivity contribution in [1.82, 2.24) is 15.5 Å². The molecule has 0 saturated heterocycles. The van der Waals surface area contributed by atoms with Crippen LogP contribution in [0.1, 0.15) is 65.9 Å². The molecule has 0 aromatic heterocycles. The van der Waals surface area contributed by atoms with Gasteiger partial charge in [0.1, 0.15) is 19.5 Å². The Morgan fingerprint density at radius 2 is 1.65 bits per heavy atom. The second-order valence-electron chi connectivity index (χ2n) is 12.7. The Morgan fingerprint density at radius 3 is 2.20 bits per heavy atom. The molecule has 258 valence electrons. The maximum absolute atomic E-state index is 14.7. The Balaban J connectivity index is 2.10. The minimum atomic E-state index is -1.06. The number of carbonyl (C=O) groups excluding carboxylic acids is 3. The third kappa shape index (κ3) is 10.6. The Morgan fingerprint density at radius 1 is 1.00 bits per heavy atom. The fraction of sp³-hybridized carbons (Fsp3) is 0.351. The van der Waals surface area contributed by atoms with Crippen molar-refractivity contribution in [3.63, 3.8) is 0 Å². The summed E-state index contributed by atoms with van der Waals surface area (Å²) in [6, 6.07) is 14.9. The lowest BCUT2D eigenvalue weighted by Crippen LogP contribution is -2.55. The van der Waals surface area contributed by atoms with Gasteiger partial charge in [0.05, 0.1) is 26.1 Å². The summed E-state index contributed by atoms with van der Waals surface area (Å²) in [6.07, 6.45) is 0.402. The lowest BCUT2D eigenvalue weighted by Gasteiger charge is -2.34. The van der Waals surface area contributed by atoms with E-state index in [9.17, 15) is 14.4 Å². The molecule has 0 saturated carbocycles. The molecule has 3 aromatic carbocycles. The standard InChI is InChI=1S/C37H46BN5O6/c1-22-15-27(34(39)44)16-23(2)29(22)19-30(42-36(46)49-37(4,5)6)35(45)43(21-25-13-14-32(47-8)33(17-25)48-9)24(3)41-20-31(40-7)26-11-10-12-28(38)18-26/h10-18,20,24,30,41H,7,19,21H2,1-6,8-9H3,(H2,39,44)(H,42,46)/b31-20-/t24?,30-/m0/s1. The van der Waals surface area contributed by atoms with Gasteiger partial charge in [-0.3, -0.25) is 14.6 Å². The van der Waals surface area contributed by atoms with Crippen molar-refractivity contribution in [3.05, 3.63) is 94.2 Å². The number of hydrogen-bond donors (Lipinski definition) is 3. The van der Waals surface area contributed by atoms with E-state index in [1.807, 2.05) is 39.0 Å². The first kappa shape index (κ1) is 38.2. The number of rotatable bonds is 14. The van der Waals surface area contributed by atoms with Crippen LogP contribution < -0.4 is 31.3 Å². The summed E-state index contributed by atoms with van der Waals surface area (Å²) >= 11 is 0. The van der Waals surface area contributed by atoms with Crippen LogP contribution in [-0.4, -0.2) is 69.4 Å². The molecular weight excluding hydrogens is 621 g/mol. The average Bonchev–Trinajstić information content (AvgIpc) is 3.03. The second-order valence-corrected chi connectivity index (χ2v) is 12.7. The van der Waals surface area contributed by atoms with Crippen LogP contribution in [0.25, 0.3) is 5.70 Å². The van der Waals surface area contributed by atoms with E-state index < -0.39 is 35.7 Å². The Labute approximate surface area is 290 Å². The highest BCUT2D eigenvalue weighted by molar-refractivity contribution is 6.32. The number of aryl methyl sites for hydroxylation is 2. The third-order valence-corrected chi connectivity index (χ3v) is 7.74. The van der Waals surface area contributed by atoms with Crippen LogP contribution in [0.5, 0.6) is 11.5 Å². The average molecular weight is 668 g/mol. The molecule has 1 unspecified atom stereocenters. The van der Waals surface area contributed by atoms with E-state index in [1.54, 1.807) is 75.4 Å². The van der Waals surface area contributed by atoms with E-state index in [0.29, 0.717) is 28.2 Å². The van der Waals surface area contributed by atoms with Crippen molar-refractivity contribution < 1.29 is 28.6 Å². The van der Waals surface area contributed by atoms with Gasteiger partial charge in [-0.15, -0.1) is 0 Å². The zero-order chi connectivity index (χ0) is 36.5. The highest BCUT2D eigenvalue weighted by atomic mass is 16.6. The van der Waals surface area contributed by atoms with Gasteiger partial charge in [-0.25, -0.2) is 4.79 Å². The summed E-state index contributed by atoms with van der Waals surface area (Å²) in [6.45, 7) is 14.5. The van der Waals surface area contributed by atoms with E-state index in [2.05, 4.69) is 22.3 Å². The predicted octanol–water partition coefficient (Wildman–Crippen LogP) is 4.31. The van der Waals surface area contributed by atoms with Gasteiger partial charge in [-0.2, -0.15) is 0 Å². The number of primary amides is 1. The minimum Gasteiger partial charge on any atom is -0.493 e. The molecule has 0 bridgehead atoms. The van der Waals surface area contributed by atoms with Crippen molar-refractivity contribution in [2.45, 2.75) is 72.3 Å². The maximum atomic E-state index is 14.7. The van der Waals surface area contributed by atoms with Crippen molar-refractivity contribution >= 4 is 43.6 Å². The summed E-state index contributed by atoms with van der Waals surface area (Å²) in [5.74, 6) is 0.0793. The van der Waals surface area contributed by atoms with Gasteiger partial charge >= 0.3 is 6.09 Å². The van der Waals surface area contributed by atoms with Crippen molar-refractivity contribution in [3.8, 4) is 11.5 Å². The monoisotopic (exact) mass is 667 g/mol. The molecule has 3 aromatic rings. The number of alkyl carbamates (subject to hydrolysis) is 1. The number of nitrogens with one attached hydrogen (secondary N) is 2. The Bertz CT molecular complexity index is 1690. The molecule has 2 atom stereocenters. The molecule has 0 aliphatic carbocycles. The highest BCUT2D eigenvalue weighted by Crippen LogP contribution is 2.29. The fourth-order valence-corrected chi connectivity index (χ4v) is 5.30. The normalized spacial score (nSPS) is 12.7. The lowest BCUT2D eigenvalue weighted by molar-refractivity contribution is -0.136. The molecule has 4 N–H and O–H groups in total. The second kappa shape index (κ2) is 16.7. The van der Waals surface area contributed by atoms with E-state index in [-0.39, 0.29) is 13.0 Å². The number of carbonyl (C=O) groups is 3. The molecule has 0 aliphatic rings. The number of hydrogen-bond acceptors (Lipinski definition) is 8. The minimum absolute atomic E-state index is 0.114. The number of nitrogens with zero attached hydrogens (tertiary/aromatic N) is 2. The van der Waals surface area contributed by atoms with Gasteiger partial charge in [0, 0.05) is 30.3 Å². The number of aliphatic imine (C=N–C) groups is 1. The molecule has 0 heterocycles. The number of benzene rings is 3. The van der Waals surface area contributed by atoms with Crippen molar-refractivity contribution in [1.29, 1.82) is 0 Å². The molecule has 11 nitrogen and oxygen atoms in total. The van der Waals surface area contributed by atoms with Crippen LogP contribution in [0.3, 0.4) is 0 Å². The first-order chi connectivity index (χ1) is 23.1. The zero-order valence-electron chi connectivity index (χ0n) is 29.5. The first-order valence-electron chi connectivity index (χ1n) is 15.8. The third-order valence-electron chi connectivity index (χ3n) is 7.74. The topological polar surface area (TPSA) is 145 Å². The van der Waals surface area contributed by atoms with Gasteiger partial charge in [-0.1, -0.05) is 35.8 Å². The van der Waals surface area contributed by atoms with Crippen LogP contribution >= 0.6 is 0 Å². The predicted molar refractivity (Wildman–Crippen MR) is 193 cm³/mol. The fourth-order valence-electron chi connectivity index (χ4n) is 5.30. The smallest absolute Gasteiger partial charge is 0.408 e. The Hall–Kier alpha value is -5.26. The molecular formula is C37H46BN5O6. The summed E-state index contributed by atoms with van der Waals surface area (Å²) in [4.78, 5) is 45.6. The van der Waals surface area contributed by atoms with E-state index in [4.69, 9.17) is 27.8 Å². The number of nitrogens with two attached hydrogens (primary N) is 1. The van der Waals surface area contributed by atoms with Crippen LogP contribution in [0.15, 0.2) is 65.8 Å². The molecule has 3 amide bonds. The summed E-state index contributed by atoms with van der Waals surface area (Å²) in [7, 11) is 9.08. The first-order valence-corrected chi connectivity index (χ1v) is 15.8. The lowest BCUT2D eigenvalue weighted by atomic mass is 9.93. The van der Waals surface area contributed by atoms with Crippen LogP contribution in [-0.2, 0) is 22.5 Å². The van der Waals surface area contributed by atoms with Crippen LogP contribution in [0.4, 0.5) is 4.79 Å². The van der Waals surface area contributed by atoms with E-state index >= 15 is 0 Å². The van der Waals surface area contributed by atoms with Gasteiger partial charge < -0.3 is 35.5 Å².